The molecular formula is C49H33N3. The molecule has 3 heteroatoms. The molecule has 1 aliphatic heterocycles. The van der Waals surface area contributed by atoms with Crippen molar-refractivity contribution in [2.45, 2.75) is 0 Å². The van der Waals surface area contributed by atoms with Crippen LogP contribution in [0.25, 0.3) is 72.6 Å². The summed E-state index contributed by atoms with van der Waals surface area (Å²) in [4.78, 5) is 7.70. The number of nitrogens with zero attached hydrogens (tertiary/aromatic N) is 3. The van der Waals surface area contributed by atoms with E-state index in [1.165, 1.54) is 38.9 Å². The molecule has 1 aliphatic rings. The molecule has 0 aliphatic carbocycles. The lowest BCUT2D eigenvalue weighted by atomic mass is 9.98. The van der Waals surface area contributed by atoms with Crippen molar-refractivity contribution >= 4 is 28.0 Å². The number of aromatic nitrogens is 2. The van der Waals surface area contributed by atoms with Crippen molar-refractivity contribution in [1.29, 1.82) is 0 Å². The van der Waals surface area contributed by atoms with Gasteiger partial charge in [-0.15, -0.1) is 0 Å². The molecule has 7 aromatic carbocycles. The van der Waals surface area contributed by atoms with Gasteiger partial charge >= 0.3 is 0 Å². The molecule has 0 N–H and O–H groups in total. The number of pyridine rings is 1. The Morgan fingerprint density at radius 2 is 0.904 bits per heavy atom. The second-order valence-electron chi connectivity index (χ2n) is 13.2. The fraction of sp³-hybridized carbons (Fsp3) is 0. The topological polar surface area (TPSA) is 21.1 Å². The van der Waals surface area contributed by atoms with Gasteiger partial charge in [-0.1, -0.05) is 146 Å². The quantitative estimate of drug-likeness (QED) is 0.183. The summed E-state index contributed by atoms with van der Waals surface area (Å²) in [5.74, 6) is 0. The zero-order valence-electron chi connectivity index (χ0n) is 28.4. The van der Waals surface area contributed by atoms with Gasteiger partial charge in [-0.2, -0.15) is 0 Å². The first kappa shape index (κ1) is 29.9. The molecule has 10 rings (SSSR count). The van der Waals surface area contributed by atoms with Crippen LogP contribution in [0.5, 0.6) is 0 Å². The van der Waals surface area contributed by atoms with Crippen LogP contribution in [0.15, 0.2) is 200 Å². The molecule has 0 amide bonds. The lowest BCUT2D eigenvalue weighted by molar-refractivity contribution is 1.13. The third-order valence-electron chi connectivity index (χ3n) is 10.1. The SMILES string of the molecule is c1ccc(-c2cc(-c3ccccc3)nc(-c3cccc(N4c5ccccc5-c5c(n(-c6ccccc6)c6ccccc56)-c5ccccc54)c3)c2)cc1. The predicted octanol–water partition coefficient (Wildman–Crippen LogP) is 13.1. The molecule has 0 saturated carbocycles. The molecule has 0 spiro atoms. The lowest BCUT2D eigenvalue weighted by Crippen LogP contribution is -2.11. The van der Waals surface area contributed by atoms with E-state index in [4.69, 9.17) is 4.98 Å². The summed E-state index contributed by atoms with van der Waals surface area (Å²) in [5.41, 5.74) is 16.8. The van der Waals surface area contributed by atoms with Crippen LogP contribution in [0.3, 0.4) is 0 Å². The van der Waals surface area contributed by atoms with Gasteiger partial charge < -0.3 is 9.47 Å². The fourth-order valence-electron chi connectivity index (χ4n) is 7.81. The highest BCUT2D eigenvalue weighted by Gasteiger charge is 2.31. The predicted molar refractivity (Wildman–Crippen MR) is 216 cm³/mol. The zero-order chi connectivity index (χ0) is 34.4. The Bertz CT molecular complexity index is 2670. The summed E-state index contributed by atoms with van der Waals surface area (Å²) in [6, 6.07) is 71.5. The van der Waals surface area contributed by atoms with E-state index in [9.17, 15) is 0 Å². The molecule has 0 atom stereocenters. The molecular weight excluding hydrogens is 631 g/mol. The van der Waals surface area contributed by atoms with Crippen LogP contribution in [0.1, 0.15) is 0 Å². The van der Waals surface area contributed by atoms with Gasteiger partial charge in [0.15, 0.2) is 0 Å². The molecule has 3 heterocycles. The van der Waals surface area contributed by atoms with Crippen molar-refractivity contribution in [1.82, 2.24) is 9.55 Å². The summed E-state index contributed by atoms with van der Waals surface area (Å²) < 4.78 is 2.43. The highest BCUT2D eigenvalue weighted by atomic mass is 15.2. The van der Waals surface area contributed by atoms with Gasteiger partial charge in [0, 0.05) is 44.6 Å². The summed E-state index contributed by atoms with van der Waals surface area (Å²) in [5, 5.41) is 1.23. The van der Waals surface area contributed by atoms with Crippen LogP contribution in [-0.2, 0) is 0 Å². The molecule has 0 fully saturated rings. The number of hydrogen-bond donors (Lipinski definition) is 0. The lowest BCUT2D eigenvalue weighted by Gasteiger charge is -2.28. The number of para-hydroxylation sites is 4. The van der Waals surface area contributed by atoms with E-state index in [1.807, 2.05) is 6.07 Å². The minimum absolute atomic E-state index is 0.934. The van der Waals surface area contributed by atoms with E-state index in [1.54, 1.807) is 0 Å². The molecule has 52 heavy (non-hydrogen) atoms. The molecule has 0 saturated heterocycles. The van der Waals surface area contributed by atoms with Crippen LogP contribution in [0.2, 0.25) is 0 Å². The maximum Gasteiger partial charge on any atom is 0.0716 e. The molecule has 0 unspecified atom stereocenters. The van der Waals surface area contributed by atoms with E-state index in [2.05, 4.69) is 204 Å². The van der Waals surface area contributed by atoms with Crippen LogP contribution in [-0.4, -0.2) is 9.55 Å². The molecule has 3 nitrogen and oxygen atoms in total. The van der Waals surface area contributed by atoms with Crippen LogP contribution in [0.4, 0.5) is 17.1 Å². The van der Waals surface area contributed by atoms with E-state index in [0.29, 0.717) is 0 Å². The summed E-state index contributed by atoms with van der Waals surface area (Å²) >= 11 is 0. The Morgan fingerprint density at radius 3 is 1.65 bits per heavy atom. The second-order valence-corrected chi connectivity index (χ2v) is 13.2. The largest absolute Gasteiger partial charge is 0.309 e. The first-order chi connectivity index (χ1) is 25.8. The summed E-state index contributed by atoms with van der Waals surface area (Å²) in [6.07, 6.45) is 0. The number of benzene rings is 7. The van der Waals surface area contributed by atoms with E-state index in [0.717, 1.165) is 50.8 Å². The Hall–Kier alpha value is -6.97. The molecule has 0 bridgehead atoms. The molecule has 9 aromatic rings. The number of anilines is 3. The van der Waals surface area contributed by atoms with Crippen LogP contribution in [0, 0.1) is 0 Å². The average Bonchev–Trinajstić information content (AvgIpc) is 3.51. The van der Waals surface area contributed by atoms with Crippen molar-refractivity contribution in [2.75, 3.05) is 4.90 Å². The van der Waals surface area contributed by atoms with E-state index in [-0.39, 0.29) is 0 Å². The Labute approximate surface area is 303 Å². The van der Waals surface area contributed by atoms with Crippen molar-refractivity contribution < 1.29 is 0 Å². The number of rotatable bonds is 5. The van der Waals surface area contributed by atoms with E-state index >= 15 is 0 Å². The monoisotopic (exact) mass is 663 g/mol. The Balaban J connectivity index is 1.21. The Morgan fingerprint density at radius 1 is 0.365 bits per heavy atom. The average molecular weight is 664 g/mol. The van der Waals surface area contributed by atoms with Gasteiger partial charge in [-0.25, -0.2) is 4.98 Å². The van der Waals surface area contributed by atoms with Gasteiger partial charge in [0.1, 0.15) is 0 Å². The smallest absolute Gasteiger partial charge is 0.0716 e. The van der Waals surface area contributed by atoms with Crippen LogP contribution < -0.4 is 4.90 Å². The van der Waals surface area contributed by atoms with Gasteiger partial charge in [0.2, 0.25) is 0 Å². The van der Waals surface area contributed by atoms with Gasteiger partial charge in [0.25, 0.3) is 0 Å². The second kappa shape index (κ2) is 12.4. The molecule has 244 valence electrons. The highest BCUT2D eigenvalue weighted by molar-refractivity contribution is 6.13. The number of hydrogen-bond acceptors (Lipinski definition) is 2. The first-order valence-electron chi connectivity index (χ1n) is 17.7. The fourth-order valence-corrected chi connectivity index (χ4v) is 7.81. The van der Waals surface area contributed by atoms with Gasteiger partial charge in [-0.05, 0) is 65.7 Å². The third kappa shape index (κ3) is 4.94. The van der Waals surface area contributed by atoms with Crippen molar-refractivity contribution in [2.24, 2.45) is 0 Å². The van der Waals surface area contributed by atoms with Crippen molar-refractivity contribution in [3.8, 4) is 61.7 Å². The van der Waals surface area contributed by atoms with E-state index < -0.39 is 0 Å². The third-order valence-corrected chi connectivity index (χ3v) is 10.1. The first-order valence-corrected chi connectivity index (χ1v) is 17.7. The van der Waals surface area contributed by atoms with Crippen molar-refractivity contribution in [3.63, 3.8) is 0 Å². The zero-order valence-corrected chi connectivity index (χ0v) is 28.4. The normalized spacial score (nSPS) is 11.8. The molecule has 2 aromatic heterocycles. The minimum atomic E-state index is 0.934. The van der Waals surface area contributed by atoms with Gasteiger partial charge in [-0.3, -0.25) is 0 Å². The highest BCUT2D eigenvalue weighted by Crippen LogP contribution is 2.54. The maximum atomic E-state index is 5.27. The standard InChI is InChI=1S/C49H33N3/c1-4-17-34(18-5-1)37-32-43(35-19-6-2-7-20-35)50-44(33-37)36-21-16-24-39(31-36)51-45-28-13-10-25-40(45)48-41-26-11-14-29-46(41)52(38-22-8-3-9-23-38)49(48)42-27-12-15-30-47(42)51/h1-33H. The molecule has 0 radical (unpaired) electrons. The maximum absolute atomic E-state index is 5.27. The summed E-state index contributed by atoms with van der Waals surface area (Å²) in [7, 11) is 0. The van der Waals surface area contributed by atoms with Gasteiger partial charge in [0.05, 0.1) is 34.0 Å². The van der Waals surface area contributed by atoms with Crippen LogP contribution >= 0.6 is 0 Å². The Kier molecular flexibility index (Phi) is 7.14. The summed E-state index contributed by atoms with van der Waals surface area (Å²) in [6.45, 7) is 0. The van der Waals surface area contributed by atoms with Crippen molar-refractivity contribution in [3.05, 3.63) is 200 Å². The number of fused-ring (bicyclic) bond motifs is 7. The minimum Gasteiger partial charge on any atom is -0.309 e.